The Kier molecular flexibility index (Phi) is 4.41. The monoisotopic (exact) mass is 337 g/mol. The molecule has 1 aliphatic heterocycles. The third kappa shape index (κ3) is 2.70. The van der Waals surface area contributed by atoms with Crippen LogP contribution >= 0.6 is 0 Å². The van der Waals surface area contributed by atoms with Crippen molar-refractivity contribution in [2.45, 2.75) is 63.8 Å². The average Bonchev–Trinajstić information content (AvgIpc) is 3.24. The second kappa shape index (κ2) is 6.70. The molecular weight excluding hydrogens is 310 g/mol. The Balaban J connectivity index is 1.90. The lowest BCUT2D eigenvalue weighted by atomic mass is 9.68. The summed E-state index contributed by atoms with van der Waals surface area (Å²) in [6.07, 6.45) is 9.82. The van der Waals surface area contributed by atoms with E-state index in [1.165, 1.54) is 35.2 Å². The highest BCUT2D eigenvalue weighted by molar-refractivity contribution is 5.88. The molecular formula is C22H27NO2. The smallest absolute Gasteiger partial charge is 0.316 e. The predicted octanol–water partition coefficient (Wildman–Crippen LogP) is 4.87. The van der Waals surface area contributed by atoms with Crippen molar-refractivity contribution in [3.63, 3.8) is 0 Å². The van der Waals surface area contributed by atoms with Crippen molar-refractivity contribution in [3.8, 4) is 11.1 Å². The first-order valence-electron chi connectivity index (χ1n) is 9.71. The third-order valence-corrected chi connectivity index (χ3v) is 5.95. The van der Waals surface area contributed by atoms with Gasteiger partial charge in [-0.1, -0.05) is 49.6 Å². The van der Waals surface area contributed by atoms with Crippen molar-refractivity contribution < 1.29 is 9.53 Å². The highest BCUT2D eigenvalue weighted by atomic mass is 16.5. The van der Waals surface area contributed by atoms with Gasteiger partial charge in [-0.05, 0) is 43.7 Å². The number of hydrogen-bond acceptors (Lipinski definition) is 2. The van der Waals surface area contributed by atoms with Crippen molar-refractivity contribution in [2.24, 2.45) is 0 Å². The van der Waals surface area contributed by atoms with Gasteiger partial charge in [-0.2, -0.15) is 0 Å². The number of aryl methyl sites for hydroxylation is 1. The van der Waals surface area contributed by atoms with Crippen molar-refractivity contribution in [2.75, 3.05) is 6.61 Å². The number of carbonyl (C=O) groups excluding carboxylic acids is 1. The molecule has 1 aromatic heterocycles. The molecule has 4 rings (SSSR count). The summed E-state index contributed by atoms with van der Waals surface area (Å²) in [5.41, 5.74) is 4.69. The summed E-state index contributed by atoms with van der Waals surface area (Å²) in [6.45, 7) is 3.43. The zero-order valence-electron chi connectivity index (χ0n) is 15.1. The van der Waals surface area contributed by atoms with Crippen LogP contribution in [0.4, 0.5) is 0 Å². The Morgan fingerprint density at radius 3 is 2.60 bits per heavy atom. The van der Waals surface area contributed by atoms with Gasteiger partial charge in [-0.25, -0.2) is 0 Å². The first-order valence-corrected chi connectivity index (χ1v) is 9.71. The zero-order valence-corrected chi connectivity index (χ0v) is 15.1. The van der Waals surface area contributed by atoms with E-state index < -0.39 is 5.41 Å². The van der Waals surface area contributed by atoms with E-state index in [0.29, 0.717) is 6.61 Å². The van der Waals surface area contributed by atoms with Gasteiger partial charge in [0.2, 0.25) is 0 Å². The van der Waals surface area contributed by atoms with Gasteiger partial charge in [0, 0.05) is 24.0 Å². The topological polar surface area (TPSA) is 31.2 Å². The van der Waals surface area contributed by atoms with E-state index in [4.69, 9.17) is 4.74 Å². The Morgan fingerprint density at radius 2 is 1.88 bits per heavy atom. The predicted molar refractivity (Wildman–Crippen MR) is 99.6 cm³/mol. The Labute approximate surface area is 150 Å². The molecule has 1 fully saturated rings. The summed E-state index contributed by atoms with van der Waals surface area (Å²) >= 11 is 0. The quantitative estimate of drug-likeness (QED) is 0.746. The minimum atomic E-state index is -0.462. The largest absolute Gasteiger partial charge is 0.465 e. The van der Waals surface area contributed by atoms with Crippen LogP contribution in [0.15, 0.2) is 36.5 Å². The normalized spacial score (nSPS) is 18.8. The molecule has 0 N–H and O–H groups in total. The number of fused-ring (bicyclic) bond motifs is 1. The molecule has 1 aromatic carbocycles. The van der Waals surface area contributed by atoms with Gasteiger partial charge in [-0.15, -0.1) is 0 Å². The molecule has 1 aliphatic carbocycles. The minimum absolute atomic E-state index is 0.0174. The third-order valence-electron chi connectivity index (χ3n) is 5.95. The SMILES string of the molecule is CCOC(=O)C1(c2cn3c(c2-c2ccccc2)CCC3)CCCCC1. The molecule has 2 aliphatic rings. The van der Waals surface area contributed by atoms with E-state index in [1.807, 2.05) is 6.92 Å². The summed E-state index contributed by atoms with van der Waals surface area (Å²) in [5.74, 6) is -0.0174. The van der Waals surface area contributed by atoms with Crippen LogP contribution in [0.5, 0.6) is 0 Å². The molecule has 1 saturated carbocycles. The second-order valence-corrected chi connectivity index (χ2v) is 7.39. The lowest BCUT2D eigenvalue weighted by molar-refractivity contribution is -0.151. The Hall–Kier alpha value is -2.03. The van der Waals surface area contributed by atoms with E-state index in [2.05, 4.69) is 41.1 Å². The molecule has 0 saturated heterocycles. The number of carbonyl (C=O) groups is 1. The van der Waals surface area contributed by atoms with Crippen molar-refractivity contribution in [1.29, 1.82) is 0 Å². The van der Waals surface area contributed by atoms with Gasteiger partial charge in [0.1, 0.15) is 0 Å². The highest BCUT2D eigenvalue weighted by Crippen LogP contribution is 2.47. The first kappa shape index (κ1) is 16.4. The molecule has 0 spiro atoms. The maximum atomic E-state index is 13.1. The van der Waals surface area contributed by atoms with Crippen LogP contribution in [-0.2, 0) is 27.9 Å². The number of aromatic nitrogens is 1. The van der Waals surface area contributed by atoms with Crippen LogP contribution in [-0.4, -0.2) is 17.1 Å². The van der Waals surface area contributed by atoms with Crippen LogP contribution in [0, 0.1) is 0 Å². The first-order chi connectivity index (χ1) is 12.3. The molecule has 3 heteroatoms. The van der Waals surface area contributed by atoms with Gasteiger partial charge in [-0.3, -0.25) is 4.79 Å². The van der Waals surface area contributed by atoms with Crippen molar-refractivity contribution in [1.82, 2.24) is 4.57 Å². The molecule has 2 aromatic rings. The number of benzene rings is 1. The maximum absolute atomic E-state index is 13.1. The molecule has 0 atom stereocenters. The number of ether oxygens (including phenoxy) is 1. The average molecular weight is 337 g/mol. The number of hydrogen-bond donors (Lipinski definition) is 0. The Morgan fingerprint density at radius 1 is 1.12 bits per heavy atom. The molecule has 0 amide bonds. The highest BCUT2D eigenvalue weighted by Gasteiger charge is 2.45. The van der Waals surface area contributed by atoms with Crippen LogP contribution in [0.2, 0.25) is 0 Å². The van der Waals surface area contributed by atoms with Crippen molar-refractivity contribution in [3.05, 3.63) is 47.8 Å². The molecule has 3 nitrogen and oxygen atoms in total. The molecule has 132 valence electrons. The molecule has 0 radical (unpaired) electrons. The van der Waals surface area contributed by atoms with Crippen molar-refractivity contribution >= 4 is 5.97 Å². The van der Waals surface area contributed by atoms with E-state index >= 15 is 0 Å². The van der Waals surface area contributed by atoms with Gasteiger partial charge in [0.25, 0.3) is 0 Å². The number of nitrogens with zero attached hydrogens (tertiary/aromatic N) is 1. The fourth-order valence-corrected chi connectivity index (χ4v) is 4.78. The zero-order chi connectivity index (χ0) is 17.3. The van der Waals surface area contributed by atoms with Crippen LogP contribution in [0.3, 0.4) is 0 Å². The summed E-state index contributed by atoms with van der Waals surface area (Å²) in [7, 11) is 0. The second-order valence-electron chi connectivity index (χ2n) is 7.39. The molecule has 25 heavy (non-hydrogen) atoms. The number of rotatable bonds is 4. The fourth-order valence-electron chi connectivity index (χ4n) is 4.78. The maximum Gasteiger partial charge on any atom is 0.316 e. The molecule has 2 heterocycles. The summed E-state index contributed by atoms with van der Waals surface area (Å²) in [5, 5.41) is 0. The molecule has 0 unspecified atom stereocenters. The van der Waals surface area contributed by atoms with Gasteiger partial charge in [0.15, 0.2) is 0 Å². The standard InChI is InChI=1S/C22H27NO2/c1-2-25-21(24)22(13-7-4-8-14-22)18-16-23-15-9-12-19(23)20(18)17-10-5-3-6-11-17/h3,5-6,10-11,16H,2,4,7-9,12-15H2,1H3. The van der Waals surface area contributed by atoms with Crippen LogP contribution in [0.1, 0.15) is 56.7 Å². The van der Waals surface area contributed by atoms with Crippen LogP contribution < -0.4 is 0 Å². The molecule has 0 bridgehead atoms. The Bertz CT molecular complexity index is 754. The summed E-state index contributed by atoms with van der Waals surface area (Å²) in [4.78, 5) is 13.1. The van der Waals surface area contributed by atoms with Gasteiger partial charge < -0.3 is 9.30 Å². The summed E-state index contributed by atoms with van der Waals surface area (Å²) in [6, 6.07) is 10.6. The summed E-state index contributed by atoms with van der Waals surface area (Å²) < 4.78 is 7.96. The number of esters is 1. The van der Waals surface area contributed by atoms with E-state index in [9.17, 15) is 4.79 Å². The van der Waals surface area contributed by atoms with E-state index in [0.717, 1.165) is 38.6 Å². The minimum Gasteiger partial charge on any atom is -0.465 e. The van der Waals surface area contributed by atoms with Crippen LogP contribution in [0.25, 0.3) is 11.1 Å². The van der Waals surface area contributed by atoms with Gasteiger partial charge in [0.05, 0.1) is 12.0 Å². The van der Waals surface area contributed by atoms with E-state index in [-0.39, 0.29) is 5.97 Å². The lowest BCUT2D eigenvalue weighted by Gasteiger charge is -2.35. The van der Waals surface area contributed by atoms with E-state index in [1.54, 1.807) is 0 Å². The fraction of sp³-hybridized carbons (Fsp3) is 0.500. The lowest BCUT2D eigenvalue weighted by Crippen LogP contribution is -2.39. The van der Waals surface area contributed by atoms with Gasteiger partial charge >= 0.3 is 5.97 Å².